The van der Waals surface area contributed by atoms with Crippen LogP contribution < -0.4 is 5.73 Å². The Bertz CT molecular complexity index is 272. The van der Waals surface area contributed by atoms with Gasteiger partial charge in [0.25, 0.3) is 0 Å². The van der Waals surface area contributed by atoms with Gasteiger partial charge in [0.15, 0.2) is 0 Å². The third kappa shape index (κ3) is 2.59. The van der Waals surface area contributed by atoms with E-state index in [9.17, 15) is 0 Å². The van der Waals surface area contributed by atoms with Crippen LogP contribution in [0.5, 0.6) is 0 Å². The molecule has 2 aliphatic heterocycles. The highest BCUT2D eigenvalue weighted by Crippen LogP contribution is 2.36. The molecular formula is C15H28N2O. The highest BCUT2D eigenvalue weighted by atomic mass is 16.5. The molecule has 0 radical (unpaired) electrons. The summed E-state index contributed by atoms with van der Waals surface area (Å²) in [5.41, 5.74) is 6.06. The molecule has 0 spiro atoms. The van der Waals surface area contributed by atoms with E-state index in [-0.39, 0.29) is 0 Å². The number of fused-ring (bicyclic) bond motifs is 2. The minimum absolute atomic E-state index is 0.392. The molecule has 18 heavy (non-hydrogen) atoms. The van der Waals surface area contributed by atoms with Gasteiger partial charge in [-0.15, -0.1) is 0 Å². The van der Waals surface area contributed by atoms with Gasteiger partial charge in [-0.3, -0.25) is 4.90 Å². The molecule has 3 heteroatoms. The second-order valence-corrected chi connectivity index (χ2v) is 6.72. The zero-order chi connectivity index (χ0) is 12.5. The maximum atomic E-state index is 6.07. The third-order valence-electron chi connectivity index (χ3n) is 5.28. The van der Waals surface area contributed by atoms with Crippen molar-refractivity contribution in [2.24, 2.45) is 17.6 Å². The van der Waals surface area contributed by atoms with E-state index in [0.29, 0.717) is 18.2 Å². The molecule has 1 saturated carbocycles. The average molecular weight is 252 g/mol. The smallest absolute Gasteiger partial charge is 0.0747 e. The van der Waals surface area contributed by atoms with Gasteiger partial charge >= 0.3 is 0 Å². The van der Waals surface area contributed by atoms with Gasteiger partial charge < -0.3 is 10.5 Å². The van der Waals surface area contributed by atoms with Crippen LogP contribution in [0.25, 0.3) is 0 Å². The minimum atomic E-state index is 0.392. The van der Waals surface area contributed by atoms with E-state index in [1.807, 2.05) is 0 Å². The van der Waals surface area contributed by atoms with Crippen molar-refractivity contribution in [3.63, 3.8) is 0 Å². The van der Waals surface area contributed by atoms with Crippen LogP contribution in [0.15, 0.2) is 0 Å². The quantitative estimate of drug-likeness (QED) is 0.835. The fraction of sp³-hybridized carbons (Fsp3) is 1.00. The van der Waals surface area contributed by atoms with E-state index in [1.54, 1.807) is 0 Å². The van der Waals surface area contributed by atoms with E-state index in [0.717, 1.165) is 18.4 Å². The van der Waals surface area contributed by atoms with Crippen molar-refractivity contribution in [1.29, 1.82) is 0 Å². The first-order valence-electron chi connectivity index (χ1n) is 7.86. The summed E-state index contributed by atoms with van der Waals surface area (Å²) in [6, 6.07) is 0.471. The lowest BCUT2D eigenvalue weighted by molar-refractivity contribution is -0.0324. The van der Waals surface area contributed by atoms with E-state index in [1.165, 1.54) is 51.6 Å². The largest absolute Gasteiger partial charge is 0.374 e. The Kier molecular flexibility index (Phi) is 3.92. The first-order chi connectivity index (χ1) is 8.76. The van der Waals surface area contributed by atoms with Crippen molar-refractivity contribution in [3.05, 3.63) is 0 Å². The summed E-state index contributed by atoms with van der Waals surface area (Å²) in [4.78, 5) is 2.67. The van der Waals surface area contributed by atoms with Gasteiger partial charge in [0.2, 0.25) is 0 Å². The second-order valence-electron chi connectivity index (χ2n) is 6.72. The van der Waals surface area contributed by atoms with Crippen LogP contribution in [0.3, 0.4) is 0 Å². The highest BCUT2D eigenvalue weighted by Gasteiger charge is 2.38. The molecule has 2 N–H and O–H groups in total. The normalized spacial score (nSPS) is 43.0. The standard InChI is InChI=1S/C15H28N2O/c1-11-5-6-15(18-11)14(8-16)17-9-12-3-2-4-13(7-12)10-17/h11-15H,2-10,16H2,1H3. The monoisotopic (exact) mass is 252 g/mol. The molecule has 2 heterocycles. The number of rotatable bonds is 3. The van der Waals surface area contributed by atoms with Crippen molar-refractivity contribution < 1.29 is 4.74 Å². The summed E-state index contributed by atoms with van der Waals surface area (Å²) in [6.07, 6.45) is 9.04. The van der Waals surface area contributed by atoms with Crippen LogP contribution in [0.2, 0.25) is 0 Å². The van der Waals surface area contributed by atoms with Gasteiger partial charge in [0.05, 0.1) is 12.2 Å². The lowest BCUT2D eigenvalue weighted by Crippen LogP contribution is -2.54. The minimum Gasteiger partial charge on any atom is -0.374 e. The Labute approximate surface area is 111 Å². The Morgan fingerprint density at radius 2 is 1.89 bits per heavy atom. The van der Waals surface area contributed by atoms with Crippen LogP contribution in [-0.2, 0) is 4.74 Å². The number of nitrogens with two attached hydrogens (primary N) is 1. The van der Waals surface area contributed by atoms with Gasteiger partial charge in [0.1, 0.15) is 0 Å². The predicted molar refractivity (Wildman–Crippen MR) is 73.4 cm³/mol. The molecule has 2 bridgehead atoms. The molecule has 0 aromatic rings. The number of hydrogen-bond acceptors (Lipinski definition) is 3. The Hall–Kier alpha value is -0.120. The van der Waals surface area contributed by atoms with Gasteiger partial charge in [-0.25, -0.2) is 0 Å². The number of nitrogens with zero attached hydrogens (tertiary/aromatic N) is 1. The molecule has 1 aliphatic carbocycles. The molecule has 3 aliphatic rings. The Morgan fingerprint density at radius 1 is 1.17 bits per heavy atom. The molecule has 5 unspecified atom stereocenters. The summed E-state index contributed by atoms with van der Waals surface area (Å²) >= 11 is 0. The lowest BCUT2D eigenvalue weighted by atomic mass is 9.77. The number of ether oxygens (including phenoxy) is 1. The van der Waals surface area contributed by atoms with Gasteiger partial charge in [-0.1, -0.05) is 6.42 Å². The van der Waals surface area contributed by atoms with Crippen LogP contribution in [0.4, 0.5) is 0 Å². The van der Waals surface area contributed by atoms with Crippen molar-refractivity contribution >= 4 is 0 Å². The summed E-state index contributed by atoms with van der Waals surface area (Å²) in [7, 11) is 0. The molecule has 104 valence electrons. The highest BCUT2D eigenvalue weighted by molar-refractivity contribution is 4.91. The molecular weight excluding hydrogens is 224 g/mol. The van der Waals surface area contributed by atoms with Crippen LogP contribution in [-0.4, -0.2) is 42.8 Å². The molecule has 2 saturated heterocycles. The molecule has 0 amide bonds. The first kappa shape index (κ1) is 12.9. The fourth-order valence-corrected chi connectivity index (χ4v) is 4.40. The maximum Gasteiger partial charge on any atom is 0.0747 e. The fourth-order valence-electron chi connectivity index (χ4n) is 4.40. The van der Waals surface area contributed by atoms with E-state index < -0.39 is 0 Å². The average Bonchev–Trinajstić information content (AvgIpc) is 2.76. The summed E-state index contributed by atoms with van der Waals surface area (Å²) in [5.74, 6) is 1.87. The Balaban J connectivity index is 1.64. The second kappa shape index (κ2) is 5.48. The van der Waals surface area contributed by atoms with E-state index in [4.69, 9.17) is 10.5 Å². The molecule has 3 nitrogen and oxygen atoms in total. The van der Waals surface area contributed by atoms with Crippen molar-refractivity contribution in [3.8, 4) is 0 Å². The molecule has 3 rings (SSSR count). The molecule has 3 fully saturated rings. The van der Waals surface area contributed by atoms with E-state index in [2.05, 4.69) is 11.8 Å². The van der Waals surface area contributed by atoms with E-state index >= 15 is 0 Å². The Morgan fingerprint density at radius 3 is 2.44 bits per heavy atom. The first-order valence-corrected chi connectivity index (χ1v) is 7.86. The number of piperidine rings is 1. The van der Waals surface area contributed by atoms with Crippen LogP contribution in [0, 0.1) is 11.8 Å². The van der Waals surface area contributed by atoms with Gasteiger partial charge in [-0.05, 0) is 50.9 Å². The van der Waals surface area contributed by atoms with Crippen LogP contribution >= 0.6 is 0 Å². The zero-order valence-corrected chi connectivity index (χ0v) is 11.7. The van der Waals surface area contributed by atoms with Gasteiger partial charge in [-0.2, -0.15) is 0 Å². The number of hydrogen-bond donors (Lipinski definition) is 1. The summed E-state index contributed by atoms with van der Waals surface area (Å²) < 4.78 is 6.07. The topological polar surface area (TPSA) is 38.5 Å². The molecule has 0 aromatic heterocycles. The molecule has 0 aromatic carbocycles. The predicted octanol–water partition coefficient (Wildman–Crippen LogP) is 2.00. The van der Waals surface area contributed by atoms with Gasteiger partial charge in [0, 0.05) is 25.7 Å². The molecule has 5 atom stereocenters. The SMILES string of the molecule is CC1CCC(C(CN)N2CC3CCCC(C3)C2)O1. The number of likely N-dealkylation sites (tertiary alicyclic amines) is 1. The maximum absolute atomic E-state index is 6.07. The zero-order valence-electron chi connectivity index (χ0n) is 11.7. The van der Waals surface area contributed by atoms with Crippen molar-refractivity contribution in [2.75, 3.05) is 19.6 Å². The third-order valence-corrected chi connectivity index (χ3v) is 5.28. The summed E-state index contributed by atoms with van der Waals surface area (Å²) in [5, 5.41) is 0. The van der Waals surface area contributed by atoms with Crippen molar-refractivity contribution in [2.45, 2.75) is 63.7 Å². The lowest BCUT2D eigenvalue weighted by Gasteiger charge is -2.45. The van der Waals surface area contributed by atoms with Crippen molar-refractivity contribution in [1.82, 2.24) is 4.90 Å². The summed E-state index contributed by atoms with van der Waals surface area (Å²) in [6.45, 7) is 5.49. The van der Waals surface area contributed by atoms with Crippen LogP contribution in [0.1, 0.15) is 45.4 Å².